The first-order valence-corrected chi connectivity index (χ1v) is 14.4. The Balaban J connectivity index is 1.49. The zero-order chi connectivity index (χ0) is 22.3. The van der Waals surface area contributed by atoms with Gasteiger partial charge in [-0.05, 0) is 60.5 Å². The van der Waals surface area contributed by atoms with Crippen LogP contribution >= 0.6 is 18.5 Å². The molecule has 10 heteroatoms. The second-order valence-electron chi connectivity index (χ2n) is 7.17. The Hall–Kier alpha value is -1.80. The van der Waals surface area contributed by atoms with Gasteiger partial charge in [0.25, 0.3) is 0 Å². The minimum Gasteiger partial charge on any atom is -0.492 e. The Kier molecular flexibility index (Phi) is 8.60. The molecule has 168 valence electrons. The monoisotopic (exact) mass is 482 g/mol. The summed E-state index contributed by atoms with van der Waals surface area (Å²) < 4.78 is 23.3. The van der Waals surface area contributed by atoms with E-state index in [0.717, 1.165) is 10.2 Å². The molecule has 31 heavy (non-hydrogen) atoms. The van der Waals surface area contributed by atoms with E-state index in [-0.39, 0.29) is 5.91 Å². The molecule has 7 nitrogen and oxygen atoms in total. The van der Waals surface area contributed by atoms with Crippen LogP contribution in [0.5, 0.6) is 5.75 Å². The normalized spacial score (nSPS) is 17.5. The van der Waals surface area contributed by atoms with Gasteiger partial charge in [-0.15, -0.1) is 11.3 Å². The molecule has 2 unspecified atom stereocenters. The summed E-state index contributed by atoms with van der Waals surface area (Å²) in [4.78, 5) is 25.0. The van der Waals surface area contributed by atoms with E-state index in [1.54, 1.807) is 11.3 Å². The van der Waals surface area contributed by atoms with Gasteiger partial charge in [0.2, 0.25) is 11.8 Å². The molecular formula is C21H27N2O5PS2. The molecule has 2 heterocycles. The summed E-state index contributed by atoms with van der Waals surface area (Å²) >= 11 is 1.56. The average Bonchev–Trinajstić information content (AvgIpc) is 3.29. The van der Waals surface area contributed by atoms with Crippen LogP contribution in [0.15, 0.2) is 41.8 Å². The minimum atomic E-state index is -1.40. The van der Waals surface area contributed by atoms with Gasteiger partial charge in [-0.25, -0.2) is 0 Å². The van der Waals surface area contributed by atoms with E-state index in [0.29, 0.717) is 51.4 Å². The van der Waals surface area contributed by atoms with E-state index in [1.165, 1.54) is 0 Å². The molecular weight excluding hydrogens is 455 g/mol. The largest absolute Gasteiger partial charge is 0.492 e. The van der Waals surface area contributed by atoms with Gasteiger partial charge in [-0.3, -0.25) is 13.8 Å². The van der Waals surface area contributed by atoms with Crippen LogP contribution in [0.2, 0.25) is 0 Å². The summed E-state index contributed by atoms with van der Waals surface area (Å²) in [6, 6.07) is 11.3. The van der Waals surface area contributed by atoms with Gasteiger partial charge in [-0.1, -0.05) is 6.07 Å². The number of primary amides is 1. The van der Waals surface area contributed by atoms with E-state index < -0.39 is 28.2 Å². The lowest BCUT2D eigenvalue weighted by Gasteiger charge is -2.35. The molecule has 1 fully saturated rings. The number of nitrogens with one attached hydrogen (secondary N) is 1. The molecule has 0 radical (unpaired) electrons. The highest BCUT2D eigenvalue weighted by atomic mass is 32.7. The Morgan fingerprint density at radius 3 is 2.58 bits per heavy atom. The smallest absolute Gasteiger partial charge is 0.236 e. The number of carbonyl (C=O) groups excluding carboxylic acids is 2. The highest BCUT2D eigenvalue weighted by molar-refractivity contribution is 8.49. The molecule has 1 aliphatic rings. The van der Waals surface area contributed by atoms with Gasteiger partial charge in [0, 0.05) is 25.2 Å². The second kappa shape index (κ2) is 11.2. The summed E-state index contributed by atoms with van der Waals surface area (Å²) in [5.41, 5.74) is 5.64. The maximum atomic E-state index is 13.2. The summed E-state index contributed by atoms with van der Waals surface area (Å²) in [6.45, 7) is 3.47. The fourth-order valence-corrected chi connectivity index (χ4v) is 9.32. The van der Waals surface area contributed by atoms with Gasteiger partial charge < -0.3 is 20.5 Å². The van der Waals surface area contributed by atoms with Crippen LogP contribution in [0.3, 0.4) is 0 Å². The minimum absolute atomic E-state index is 0.0306. The van der Waals surface area contributed by atoms with Crippen LogP contribution in [-0.4, -0.2) is 53.8 Å². The van der Waals surface area contributed by atoms with Crippen molar-refractivity contribution in [2.75, 3.05) is 33.0 Å². The summed E-state index contributed by atoms with van der Waals surface area (Å²) in [5.74, 6) is 0.127. The van der Waals surface area contributed by atoms with Gasteiger partial charge in [0.05, 0.1) is 23.4 Å². The maximum Gasteiger partial charge on any atom is 0.236 e. The molecule has 3 rings (SSSR count). The topological polar surface area (TPSA) is 108 Å². The zero-order valence-corrected chi connectivity index (χ0v) is 19.9. The number of ether oxygens (including phenoxy) is 2. The van der Waals surface area contributed by atoms with E-state index in [4.69, 9.17) is 15.2 Å². The number of hydrogen-bond donors (Lipinski definition) is 2. The molecule has 2 atom stereocenters. The molecule has 2 amide bonds. The van der Waals surface area contributed by atoms with Crippen molar-refractivity contribution in [3.63, 3.8) is 0 Å². The Morgan fingerprint density at radius 1 is 1.26 bits per heavy atom. The third-order valence-corrected chi connectivity index (χ3v) is 12.0. The van der Waals surface area contributed by atoms with Crippen LogP contribution in [0.1, 0.15) is 17.7 Å². The van der Waals surface area contributed by atoms with Crippen molar-refractivity contribution in [2.45, 2.75) is 24.0 Å². The van der Waals surface area contributed by atoms with Crippen molar-refractivity contribution in [2.24, 2.45) is 5.73 Å². The zero-order valence-electron chi connectivity index (χ0n) is 17.4. The van der Waals surface area contributed by atoms with Crippen LogP contribution < -0.4 is 21.1 Å². The van der Waals surface area contributed by atoms with Gasteiger partial charge in [-0.2, -0.15) is 0 Å². The Bertz CT molecular complexity index is 899. The van der Waals surface area contributed by atoms with Gasteiger partial charge in [0.1, 0.15) is 17.1 Å². The fourth-order valence-electron chi connectivity index (χ4n) is 3.31. The third-order valence-electron chi connectivity index (χ3n) is 5.14. The Morgan fingerprint density at radius 2 is 1.97 bits per heavy atom. The van der Waals surface area contributed by atoms with E-state index in [9.17, 15) is 13.8 Å². The van der Waals surface area contributed by atoms with Crippen molar-refractivity contribution in [3.8, 4) is 5.75 Å². The molecule has 0 bridgehead atoms. The number of amides is 2. The second-order valence-corrected chi connectivity index (χ2v) is 13.6. The lowest BCUT2D eigenvalue weighted by atomic mass is 9.98. The first-order valence-electron chi connectivity index (χ1n) is 9.98. The van der Waals surface area contributed by atoms with Crippen LogP contribution in [0.4, 0.5) is 0 Å². The van der Waals surface area contributed by atoms with Crippen molar-refractivity contribution >= 4 is 46.0 Å². The first-order chi connectivity index (χ1) is 14.9. The highest BCUT2D eigenvalue weighted by Gasteiger charge is 2.46. The summed E-state index contributed by atoms with van der Waals surface area (Å²) in [5, 5.41) is 5.70. The van der Waals surface area contributed by atoms with Crippen LogP contribution in [0.25, 0.3) is 0 Å². The first kappa shape index (κ1) is 23.9. The standard InChI is InChI=1S/C21H27N2O5PS2/c1-29(31(26)21(20(22)25)8-11-27-12-9-21)17-6-4-16(5-7-17)28-13-10-23-19(24)15-18-3-2-14-30-18/h2-7,14H,8-13,15H2,1H3,(H2,22,25)(H,23,24). The lowest BCUT2D eigenvalue weighted by Crippen LogP contribution is -2.51. The predicted molar refractivity (Wildman–Crippen MR) is 126 cm³/mol. The maximum absolute atomic E-state index is 13.2. The average molecular weight is 483 g/mol. The number of benzene rings is 1. The quantitative estimate of drug-likeness (QED) is 0.397. The SMILES string of the molecule is CP(c1ccc(OCCNC(=O)Cc2cccs2)cc1)S(=O)C1(C(N)=O)CCOCC1. The van der Waals surface area contributed by atoms with E-state index in [2.05, 4.69) is 5.32 Å². The van der Waals surface area contributed by atoms with E-state index in [1.807, 2.05) is 48.4 Å². The molecule has 0 spiro atoms. The predicted octanol–water partition coefficient (Wildman–Crippen LogP) is 1.92. The summed E-state index contributed by atoms with van der Waals surface area (Å²) in [6.07, 6.45) is 1.16. The molecule has 0 aliphatic carbocycles. The number of rotatable bonds is 10. The van der Waals surface area contributed by atoms with Crippen molar-refractivity contribution in [3.05, 3.63) is 46.7 Å². The molecule has 3 N–H and O–H groups in total. The Labute approximate surface area is 189 Å². The number of carbonyl (C=O) groups is 2. The molecule has 0 saturated carbocycles. The number of hydrogen-bond acceptors (Lipinski definition) is 6. The fraction of sp³-hybridized carbons (Fsp3) is 0.429. The molecule has 1 aromatic heterocycles. The van der Waals surface area contributed by atoms with Crippen molar-refractivity contribution in [1.29, 1.82) is 0 Å². The molecule has 1 aliphatic heterocycles. The van der Waals surface area contributed by atoms with Crippen molar-refractivity contribution in [1.82, 2.24) is 5.32 Å². The molecule has 2 aromatic rings. The van der Waals surface area contributed by atoms with Crippen molar-refractivity contribution < 1.29 is 23.3 Å². The van der Waals surface area contributed by atoms with Crippen LogP contribution in [-0.2, 0) is 31.2 Å². The van der Waals surface area contributed by atoms with E-state index >= 15 is 0 Å². The third kappa shape index (κ3) is 6.13. The number of thiophene rings is 1. The highest BCUT2D eigenvalue weighted by Crippen LogP contribution is 2.45. The van der Waals surface area contributed by atoms with Gasteiger partial charge >= 0.3 is 0 Å². The number of nitrogens with two attached hydrogens (primary N) is 1. The lowest BCUT2D eigenvalue weighted by molar-refractivity contribution is -0.122. The van der Waals surface area contributed by atoms with Gasteiger partial charge in [0.15, 0.2) is 0 Å². The van der Waals surface area contributed by atoms with Crippen LogP contribution in [0, 0.1) is 0 Å². The summed E-state index contributed by atoms with van der Waals surface area (Å²) in [7, 11) is -2.49. The molecule has 1 aromatic carbocycles. The molecule has 1 saturated heterocycles.